The van der Waals surface area contributed by atoms with Gasteiger partial charge in [0.1, 0.15) is 11.5 Å². The van der Waals surface area contributed by atoms with Crippen LogP contribution < -0.4 is 5.32 Å². The van der Waals surface area contributed by atoms with Crippen molar-refractivity contribution in [3.63, 3.8) is 0 Å². The Morgan fingerprint density at radius 1 is 1.22 bits per heavy atom. The van der Waals surface area contributed by atoms with Crippen molar-refractivity contribution in [1.82, 2.24) is 20.3 Å². The average molecular weight is 368 g/mol. The molecule has 1 saturated heterocycles. The molecule has 1 fully saturated rings. The summed E-state index contributed by atoms with van der Waals surface area (Å²) in [7, 11) is 0. The van der Waals surface area contributed by atoms with Crippen LogP contribution in [0.5, 0.6) is 0 Å². The molecule has 6 nitrogen and oxygen atoms in total. The topological polar surface area (TPSA) is 61.6 Å². The number of amides is 2. The Morgan fingerprint density at radius 2 is 1.96 bits per heavy atom. The molecule has 0 radical (unpaired) electrons. The molecule has 0 aliphatic carbocycles. The minimum absolute atomic E-state index is 0.0384. The second kappa shape index (κ2) is 9.37. The predicted molar refractivity (Wildman–Crippen MR) is 106 cm³/mol. The molecule has 1 N–H and O–H groups in total. The first-order chi connectivity index (χ1) is 13.1. The molecule has 0 unspecified atom stereocenters. The number of aromatic nitrogens is 1. The van der Waals surface area contributed by atoms with Crippen molar-refractivity contribution in [1.29, 1.82) is 0 Å². The molecule has 2 aromatic rings. The summed E-state index contributed by atoms with van der Waals surface area (Å²) in [5, 5.41) is 6.93. The SMILES string of the molecule is CC(C)c1cc(CNC(=O)N2CCN(CC=Cc3ccccc3)CC2)no1. The fraction of sp³-hybridized carbons (Fsp3) is 0.429. The molecule has 2 amide bonds. The van der Waals surface area contributed by atoms with Gasteiger partial charge in [-0.25, -0.2) is 4.79 Å². The number of nitrogens with one attached hydrogen (secondary N) is 1. The summed E-state index contributed by atoms with van der Waals surface area (Å²) < 4.78 is 5.26. The van der Waals surface area contributed by atoms with E-state index in [0.717, 1.165) is 44.2 Å². The van der Waals surface area contributed by atoms with Crippen LogP contribution in [-0.2, 0) is 6.54 Å². The fourth-order valence-corrected chi connectivity index (χ4v) is 3.00. The van der Waals surface area contributed by atoms with Crippen molar-refractivity contribution in [2.24, 2.45) is 0 Å². The lowest BCUT2D eigenvalue weighted by Crippen LogP contribution is -2.51. The molecule has 1 aliphatic rings. The third kappa shape index (κ3) is 5.69. The van der Waals surface area contributed by atoms with Crippen LogP contribution in [0, 0.1) is 0 Å². The first-order valence-corrected chi connectivity index (χ1v) is 9.54. The highest BCUT2D eigenvalue weighted by atomic mass is 16.5. The summed E-state index contributed by atoms with van der Waals surface area (Å²) in [4.78, 5) is 16.6. The Morgan fingerprint density at radius 3 is 2.63 bits per heavy atom. The van der Waals surface area contributed by atoms with Gasteiger partial charge in [-0.05, 0) is 5.56 Å². The monoisotopic (exact) mass is 368 g/mol. The van der Waals surface area contributed by atoms with Crippen molar-refractivity contribution >= 4 is 12.1 Å². The molecule has 0 atom stereocenters. The van der Waals surface area contributed by atoms with E-state index in [1.54, 1.807) is 0 Å². The van der Waals surface area contributed by atoms with E-state index in [1.807, 2.05) is 29.2 Å². The Balaban J connectivity index is 1.38. The van der Waals surface area contributed by atoms with Gasteiger partial charge < -0.3 is 14.7 Å². The molecule has 0 bridgehead atoms. The Labute approximate surface area is 160 Å². The molecule has 0 spiro atoms. The fourth-order valence-electron chi connectivity index (χ4n) is 3.00. The van der Waals surface area contributed by atoms with Gasteiger partial charge in [-0.1, -0.05) is 61.5 Å². The summed E-state index contributed by atoms with van der Waals surface area (Å²) in [6, 6.07) is 12.2. The molecular formula is C21H28N4O2. The van der Waals surface area contributed by atoms with Crippen LogP contribution in [-0.4, -0.2) is 53.7 Å². The Bertz CT molecular complexity index is 747. The van der Waals surface area contributed by atoms with E-state index in [1.165, 1.54) is 5.56 Å². The summed E-state index contributed by atoms with van der Waals surface area (Å²) >= 11 is 0. The number of hydrogen-bond donors (Lipinski definition) is 1. The van der Waals surface area contributed by atoms with Crippen molar-refractivity contribution in [3.05, 3.63) is 59.5 Å². The number of carbonyl (C=O) groups excluding carboxylic acids is 1. The highest BCUT2D eigenvalue weighted by Gasteiger charge is 2.20. The van der Waals surface area contributed by atoms with Crippen LogP contribution in [0.3, 0.4) is 0 Å². The summed E-state index contributed by atoms with van der Waals surface area (Å²) in [5.74, 6) is 1.14. The van der Waals surface area contributed by atoms with Crippen LogP contribution >= 0.6 is 0 Å². The van der Waals surface area contributed by atoms with Gasteiger partial charge in [-0.3, -0.25) is 4.90 Å². The molecule has 3 rings (SSSR count). The largest absolute Gasteiger partial charge is 0.361 e. The number of urea groups is 1. The normalized spacial score (nSPS) is 15.6. The maximum atomic E-state index is 12.3. The third-order valence-corrected chi connectivity index (χ3v) is 4.70. The molecule has 1 aliphatic heterocycles. The quantitative estimate of drug-likeness (QED) is 0.849. The summed E-state index contributed by atoms with van der Waals surface area (Å²) in [6.07, 6.45) is 4.32. The molecule has 2 heterocycles. The van der Waals surface area contributed by atoms with E-state index in [-0.39, 0.29) is 6.03 Å². The maximum Gasteiger partial charge on any atom is 0.317 e. The zero-order valence-electron chi connectivity index (χ0n) is 16.1. The summed E-state index contributed by atoms with van der Waals surface area (Å²) in [6.45, 7) is 8.65. The average Bonchev–Trinajstić information content (AvgIpc) is 3.17. The van der Waals surface area contributed by atoms with Gasteiger partial charge in [-0.2, -0.15) is 0 Å². The lowest BCUT2D eigenvalue weighted by molar-refractivity contribution is 0.146. The highest BCUT2D eigenvalue weighted by molar-refractivity contribution is 5.74. The van der Waals surface area contributed by atoms with E-state index in [2.05, 4.69) is 53.5 Å². The second-order valence-electron chi connectivity index (χ2n) is 7.13. The van der Waals surface area contributed by atoms with Gasteiger partial charge in [0.25, 0.3) is 0 Å². The molecule has 6 heteroatoms. The molecule has 0 saturated carbocycles. The van der Waals surface area contributed by atoms with Crippen LogP contribution in [0.1, 0.15) is 36.8 Å². The first-order valence-electron chi connectivity index (χ1n) is 9.54. The van der Waals surface area contributed by atoms with E-state index in [0.29, 0.717) is 12.5 Å². The van der Waals surface area contributed by atoms with Gasteiger partial charge in [0.15, 0.2) is 0 Å². The number of hydrogen-bond acceptors (Lipinski definition) is 4. The minimum atomic E-state index is -0.0384. The van der Waals surface area contributed by atoms with Crippen LogP contribution in [0.2, 0.25) is 0 Å². The lowest BCUT2D eigenvalue weighted by Gasteiger charge is -2.34. The molecule has 27 heavy (non-hydrogen) atoms. The third-order valence-electron chi connectivity index (χ3n) is 4.70. The number of rotatable bonds is 6. The first kappa shape index (κ1) is 19.2. The smallest absolute Gasteiger partial charge is 0.317 e. The maximum absolute atomic E-state index is 12.3. The molecular weight excluding hydrogens is 340 g/mol. The lowest BCUT2D eigenvalue weighted by atomic mass is 10.1. The Kier molecular flexibility index (Phi) is 6.65. The number of piperazine rings is 1. The number of nitrogens with zero attached hydrogens (tertiary/aromatic N) is 3. The molecule has 144 valence electrons. The van der Waals surface area contributed by atoms with Gasteiger partial charge in [-0.15, -0.1) is 0 Å². The number of carbonyl (C=O) groups is 1. The van der Waals surface area contributed by atoms with Gasteiger partial charge in [0.05, 0.1) is 6.54 Å². The highest BCUT2D eigenvalue weighted by Crippen LogP contribution is 2.15. The van der Waals surface area contributed by atoms with Gasteiger partial charge in [0, 0.05) is 44.7 Å². The van der Waals surface area contributed by atoms with Crippen LogP contribution in [0.4, 0.5) is 4.79 Å². The molecule has 1 aromatic heterocycles. The second-order valence-corrected chi connectivity index (χ2v) is 7.13. The van der Waals surface area contributed by atoms with Crippen LogP contribution in [0.25, 0.3) is 6.08 Å². The van der Waals surface area contributed by atoms with E-state index < -0.39 is 0 Å². The van der Waals surface area contributed by atoms with Crippen molar-refractivity contribution in [2.75, 3.05) is 32.7 Å². The van der Waals surface area contributed by atoms with Gasteiger partial charge in [0.2, 0.25) is 0 Å². The van der Waals surface area contributed by atoms with E-state index >= 15 is 0 Å². The van der Waals surface area contributed by atoms with Crippen molar-refractivity contribution in [3.8, 4) is 0 Å². The number of benzene rings is 1. The van der Waals surface area contributed by atoms with Gasteiger partial charge >= 0.3 is 6.03 Å². The minimum Gasteiger partial charge on any atom is -0.361 e. The zero-order chi connectivity index (χ0) is 19.1. The predicted octanol–water partition coefficient (Wildman–Crippen LogP) is 3.34. The van der Waals surface area contributed by atoms with E-state index in [4.69, 9.17) is 4.52 Å². The van der Waals surface area contributed by atoms with Crippen LogP contribution in [0.15, 0.2) is 47.0 Å². The summed E-state index contributed by atoms with van der Waals surface area (Å²) in [5.41, 5.74) is 1.97. The van der Waals surface area contributed by atoms with E-state index in [9.17, 15) is 4.79 Å². The standard InChI is InChI=1S/C21H28N4O2/c1-17(2)20-15-19(23-27-20)16-22-21(26)25-13-11-24(12-14-25)10-6-9-18-7-4-3-5-8-18/h3-9,15,17H,10-14,16H2,1-2H3,(H,22,26). The van der Waals surface area contributed by atoms with Crippen molar-refractivity contribution in [2.45, 2.75) is 26.3 Å². The zero-order valence-corrected chi connectivity index (χ0v) is 16.1. The Hall–Kier alpha value is -2.60. The molecule has 1 aromatic carbocycles. The van der Waals surface area contributed by atoms with Crippen molar-refractivity contribution < 1.29 is 9.32 Å².